The number of hydrogen-bond acceptors (Lipinski definition) is 1. The van der Waals surface area contributed by atoms with Gasteiger partial charge in [0.25, 0.3) is 0 Å². The first-order chi connectivity index (χ1) is 7.75. The van der Waals surface area contributed by atoms with Gasteiger partial charge in [0.1, 0.15) is 0 Å². The highest BCUT2D eigenvalue weighted by Gasteiger charge is 1.98. The Balaban J connectivity index is 2.23. The van der Waals surface area contributed by atoms with Crippen molar-refractivity contribution in [3.8, 4) is 11.1 Å². The Kier molecular flexibility index (Phi) is 3.01. The first-order valence-electron chi connectivity index (χ1n) is 5.10. The predicted molar refractivity (Wildman–Crippen MR) is 65.0 cm³/mol. The molecule has 16 heavy (non-hydrogen) atoms. The van der Waals surface area contributed by atoms with Crippen LogP contribution in [-0.2, 0) is 4.79 Å². The first-order valence-corrected chi connectivity index (χ1v) is 5.10. The quantitative estimate of drug-likeness (QED) is 0.810. The monoisotopic (exact) mass is 210 g/mol. The minimum Gasteiger partial charge on any atom is -0.326 e. The fourth-order valence-electron chi connectivity index (χ4n) is 1.53. The van der Waals surface area contributed by atoms with E-state index in [-0.39, 0.29) is 5.91 Å². The van der Waals surface area contributed by atoms with Crippen LogP contribution in [0.1, 0.15) is 6.92 Å². The maximum atomic E-state index is 10.9. The summed E-state index contributed by atoms with van der Waals surface area (Å²) in [7, 11) is 0. The van der Waals surface area contributed by atoms with Gasteiger partial charge < -0.3 is 5.32 Å². The van der Waals surface area contributed by atoms with Gasteiger partial charge in [-0.2, -0.15) is 0 Å². The van der Waals surface area contributed by atoms with E-state index in [0.29, 0.717) is 0 Å². The molecule has 2 nitrogen and oxygen atoms in total. The number of nitrogens with one attached hydrogen (secondary N) is 1. The summed E-state index contributed by atoms with van der Waals surface area (Å²) in [6.45, 7) is 1.50. The molecule has 1 radical (unpaired) electrons. The maximum absolute atomic E-state index is 10.9. The number of anilines is 1. The molecule has 0 saturated heterocycles. The Labute approximate surface area is 94.9 Å². The summed E-state index contributed by atoms with van der Waals surface area (Å²) in [5.74, 6) is -0.0536. The van der Waals surface area contributed by atoms with Crippen molar-refractivity contribution in [2.75, 3.05) is 5.32 Å². The molecule has 1 amide bonds. The van der Waals surface area contributed by atoms with Crippen molar-refractivity contribution in [2.24, 2.45) is 0 Å². The molecule has 0 atom stereocenters. The largest absolute Gasteiger partial charge is 0.326 e. The molecule has 0 unspecified atom stereocenters. The molecule has 2 heteroatoms. The van der Waals surface area contributed by atoms with Crippen molar-refractivity contribution in [3.05, 3.63) is 54.6 Å². The van der Waals surface area contributed by atoms with Crippen molar-refractivity contribution in [1.82, 2.24) is 0 Å². The highest BCUT2D eigenvalue weighted by atomic mass is 16.1. The van der Waals surface area contributed by atoms with Gasteiger partial charge in [-0.05, 0) is 29.3 Å². The molecule has 0 fully saturated rings. The summed E-state index contributed by atoms with van der Waals surface area (Å²) in [4.78, 5) is 10.9. The summed E-state index contributed by atoms with van der Waals surface area (Å²) in [5, 5.41) is 2.74. The van der Waals surface area contributed by atoms with E-state index < -0.39 is 0 Å². The van der Waals surface area contributed by atoms with Gasteiger partial charge in [0.15, 0.2) is 0 Å². The van der Waals surface area contributed by atoms with E-state index in [1.807, 2.05) is 48.5 Å². The van der Waals surface area contributed by atoms with Crippen LogP contribution in [0.25, 0.3) is 11.1 Å². The Morgan fingerprint density at radius 1 is 1.00 bits per heavy atom. The smallest absolute Gasteiger partial charge is 0.221 e. The van der Waals surface area contributed by atoms with Crippen molar-refractivity contribution < 1.29 is 4.79 Å². The summed E-state index contributed by atoms with van der Waals surface area (Å²) in [5.41, 5.74) is 3.09. The fraction of sp³-hybridized carbons (Fsp3) is 0.0714. The molecule has 2 aromatic rings. The second kappa shape index (κ2) is 4.62. The lowest BCUT2D eigenvalue weighted by atomic mass is 10.1. The second-order valence-corrected chi connectivity index (χ2v) is 3.55. The first kappa shape index (κ1) is 10.4. The molecule has 0 aliphatic carbocycles. The van der Waals surface area contributed by atoms with Crippen molar-refractivity contribution in [2.45, 2.75) is 6.92 Å². The SMILES string of the molecule is CC(=O)Nc1ccc(-c2cc[c]cc2)cc1. The van der Waals surface area contributed by atoms with Crippen LogP contribution in [0.5, 0.6) is 0 Å². The van der Waals surface area contributed by atoms with E-state index in [9.17, 15) is 4.79 Å². The number of benzene rings is 2. The zero-order valence-corrected chi connectivity index (χ0v) is 9.03. The topological polar surface area (TPSA) is 29.1 Å². The second-order valence-electron chi connectivity index (χ2n) is 3.55. The minimum absolute atomic E-state index is 0.0536. The lowest BCUT2D eigenvalue weighted by molar-refractivity contribution is -0.114. The zero-order valence-electron chi connectivity index (χ0n) is 9.03. The lowest BCUT2D eigenvalue weighted by Gasteiger charge is -2.04. The van der Waals surface area contributed by atoms with E-state index in [2.05, 4.69) is 11.4 Å². The molecule has 0 aliphatic heterocycles. The number of amides is 1. The molecular formula is C14H12NO. The van der Waals surface area contributed by atoms with Crippen LogP contribution in [0.3, 0.4) is 0 Å². The van der Waals surface area contributed by atoms with Crippen LogP contribution in [0.15, 0.2) is 48.5 Å². The third-order valence-corrected chi connectivity index (χ3v) is 2.26. The average molecular weight is 210 g/mol. The molecule has 2 aromatic carbocycles. The van der Waals surface area contributed by atoms with E-state index in [0.717, 1.165) is 16.8 Å². The number of carbonyl (C=O) groups excluding carboxylic acids is 1. The molecule has 0 heterocycles. The third kappa shape index (κ3) is 2.48. The molecule has 0 bridgehead atoms. The minimum atomic E-state index is -0.0536. The molecule has 0 aromatic heterocycles. The molecule has 1 N–H and O–H groups in total. The summed E-state index contributed by atoms with van der Waals surface area (Å²) in [6.07, 6.45) is 0. The van der Waals surface area contributed by atoms with E-state index in [1.165, 1.54) is 6.92 Å². The molecule has 0 aliphatic rings. The zero-order chi connectivity index (χ0) is 11.4. The number of hydrogen-bond donors (Lipinski definition) is 1. The molecule has 2 rings (SSSR count). The van der Waals surface area contributed by atoms with E-state index in [4.69, 9.17) is 0 Å². The van der Waals surface area contributed by atoms with E-state index in [1.54, 1.807) is 0 Å². The highest BCUT2D eigenvalue weighted by Crippen LogP contribution is 2.20. The van der Waals surface area contributed by atoms with Crippen molar-refractivity contribution in [3.63, 3.8) is 0 Å². The summed E-state index contributed by atoms with van der Waals surface area (Å²) >= 11 is 0. The normalized spacial score (nSPS) is 9.81. The van der Waals surface area contributed by atoms with Gasteiger partial charge in [0.2, 0.25) is 5.91 Å². The lowest BCUT2D eigenvalue weighted by Crippen LogP contribution is -2.05. The van der Waals surface area contributed by atoms with Gasteiger partial charge in [0, 0.05) is 12.6 Å². The van der Waals surface area contributed by atoms with Gasteiger partial charge in [-0.1, -0.05) is 36.4 Å². The average Bonchev–Trinajstić information content (AvgIpc) is 2.30. The van der Waals surface area contributed by atoms with Gasteiger partial charge in [0.05, 0.1) is 0 Å². The molecule has 79 valence electrons. The van der Waals surface area contributed by atoms with Crippen LogP contribution in [-0.4, -0.2) is 5.91 Å². The van der Waals surface area contributed by atoms with Gasteiger partial charge in [-0.25, -0.2) is 0 Å². The molecule has 0 spiro atoms. The summed E-state index contributed by atoms with van der Waals surface area (Å²) in [6, 6.07) is 18.5. The maximum Gasteiger partial charge on any atom is 0.221 e. The molecule has 0 saturated carbocycles. The third-order valence-electron chi connectivity index (χ3n) is 2.26. The van der Waals surface area contributed by atoms with Gasteiger partial charge in [-0.3, -0.25) is 4.79 Å². The van der Waals surface area contributed by atoms with Crippen LogP contribution in [0.4, 0.5) is 5.69 Å². The highest BCUT2D eigenvalue weighted by molar-refractivity contribution is 5.88. The predicted octanol–water partition coefficient (Wildman–Crippen LogP) is 3.11. The Morgan fingerprint density at radius 2 is 1.56 bits per heavy atom. The van der Waals surface area contributed by atoms with Crippen LogP contribution < -0.4 is 5.32 Å². The summed E-state index contributed by atoms with van der Waals surface area (Å²) < 4.78 is 0. The van der Waals surface area contributed by atoms with E-state index >= 15 is 0 Å². The van der Waals surface area contributed by atoms with Gasteiger partial charge >= 0.3 is 0 Å². The fourth-order valence-corrected chi connectivity index (χ4v) is 1.53. The van der Waals surface area contributed by atoms with Crippen LogP contribution in [0.2, 0.25) is 0 Å². The number of rotatable bonds is 2. The Hall–Kier alpha value is -2.09. The molecular weight excluding hydrogens is 198 g/mol. The van der Waals surface area contributed by atoms with Crippen LogP contribution in [0, 0.1) is 6.07 Å². The van der Waals surface area contributed by atoms with Gasteiger partial charge in [-0.15, -0.1) is 0 Å². The van der Waals surface area contributed by atoms with Crippen molar-refractivity contribution in [1.29, 1.82) is 0 Å². The van der Waals surface area contributed by atoms with Crippen molar-refractivity contribution >= 4 is 11.6 Å². The standard InChI is InChI=1S/C14H12NO/c1-11(16)15-14-9-7-13(8-10-14)12-5-3-2-4-6-12/h3-10H,1H3,(H,15,16). The van der Waals surface area contributed by atoms with Crippen LogP contribution >= 0.6 is 0 Å². The Bertz CT molecular complexity index is 474. The number of carbonyl (C=O) groups is 1. The Morgan fingerprint density at radius 3 is 2.12 bits per heavy atom.